The summed E-state index contributed by atoms with van der Waals surface area (Å²) in [5.41, 5.74) is 1.07. The average molecular weight is 308 g/mol. The molecule has 0 saturated carbocycles. The van der Waals surface area contributed by atoms with E-state index >= 15 is 0 Å². The minimum Gasteiger partial charge on any atom is -0.384 e. The van der Waals surface area contributed by atoms with Gasteiger partial charge in [-0.2, -0.15) is 13.2 Å². The molecular weight excluding hydrogens is 289 g/mol. The van der Waals surface area contributed by atoms with E-state index in [4.69, 9.17) is 0 Å². The highest BCUT2D eigenvalue weighted by molar-refractivity contribution is 5.46. The number of halogens is 3. The van der Waals surface area contributed by atoms with Gasteiger partial charge in [-0.05, 0) is 30.8 Å². The van der Waals surface area contributed by atoms with Crippen molar-refractivity contribution in [3.05, 3.63) is 65.7 Å². The van der Waals surface area contributed by atoms with Crippen LogP contribution in [0, 0.1) is 0 Å². The van der Waals surface area contributed by atoms with E-state index in [1.807, 2.05) is 25.2 Å². The predicted octanol–water partition coefficient (Wildman–Crippen LogP) is 4.25. The molecule has 0 radical (unpaired) electrons. The molecular formula is C17H19F3N2. The van der Waals surface area contributed by atoms with Crippen LogP contribution >= 0.6 is 0 Å². The Morgan fingerprint density at radius 3 is 2.41 bits per heavy atom. The van der Waals surface area contributed by atoms with Crippen molar-refractivity contribution in [2.24, 2.45) is 0 Å². The summed E-state index contributed by atoms with van der Waals surface area (Å²) >= 11 is 0. The lowest BCUT2D eigenvalue weighted by Gasteiger charge is -2.18. The van der Waals surface area contributed by atoms with Gasteiger partial charge in [0.2, 0.25) is 0 Å². The van der Waals surface area contributed by atoms with Gasteiger partial charge in [0.15, 0.2) is 0 Å². The Morgan fingerprint density at radius 1 is 1.00 bits per heavy atom. The largest absolute Gasteiger partial charge is 0.416 e. The molecule has 0 saturated heterocycles. The van der Waals surface area contributed by atoms with Gasteiger partial charge in [0.05, 0.1) is 5.56 Å². The highest BCUT2D eigenvalue weighted by atomic mass is 19.4. The maximum atomic E-state index is 12.6. The van der Waals surface area contributed by atoms with Crippen molar-refractivity contribution in [1.82, 2.24) is 4.90 Å². The molecule has 0 aliphatic rings. The van der Waals surface area contributed by atoms with Gasteiger partial charge in [-0.3, -0.25) is 0 Å². The van der Waals surface area contributed by atoms with Gasteiger partial charge in [-0.25, -0.2) is 0 Å². The van der Waals surface area contributed by atoms with E-state index in [0.717, 1.165) is 25.2 Å². The van der Waals surface area contributed by atoms with Gasteiger partial charge < -0.3 is 10.2 Å². The van der Waals surface area contributed by atoms with Crippen LogP contribution in [0.1, 0.15) is 11.1 Å². The molecule has 0 aromatic heterocycles. The topological polar surface area (TPSA) is 15.3 Å². The van der Waals surface area contributed by atoms with Crippen LogP contribution in [-0.2, 0) is 12.7 Å². The number of hydrogen-bond acceptors (Lipinski definition) is 2. The predicted molar refractivity (Wildman–Crippen MR) is 82.7 cm³/mol. The Labute approximate surface area is 128 Å². The second-order valence-electron chi connectivity index (χ2n) is 5.23. The van der Waals surface area contributed by atoms with Crippen LogP contribution in [0.25, 0.3) is 0 Å². The molecule has 0 spiro atoms. The van der Waals surface area contributed by atoms with Crippen LogP contribution in [-0.4, -0.2) is 25.0 Å². The van der Waals surface area contributed by atoms with Crippen LogP contribution in [0.4, 0.5) is 18.9 Å². The van der Waals surface area contributed by atoms with Gasteiger partial charge >= 0.3 is 6.18 Å². The molecule has 2 aromatic carbocycles. The van der Waals surface area contributed by atoms with Crippen LogP contribution in [0.15, 0.2) is 54.6 Å². The SMILES string of the molecule is CN(CCNc1cccc(C(F)(F)F)c1)Cc1ccccc1. The van der Waals surface area contributed by atoms with Crippen molar-refractivity contribution in [2.75, 3.05) is 25.5 Å². The fraction of sp³-hybridized carbons (Fsp3) is 0.294. The van der Waals surface area contributed by atoms with Crippen LogP contribution in [0.3, 0.4) is 0 Å². The van der Waals surface area contributed by atoms with Crippen molar-refractivity contribution >= 4 is 5.69 Å². The van der Waals surface area contributed by atoms with E-state index in [0.29, 0.717) is 12.2 Å². The third-order valence-electron chi connectivity index (χ3n) is 3.31. The molecule has 22 heavy (non-hydrogen) atoms. The molecule has 118 valence electrons. The zero-order valence-corrected chi connectivity index (χ0v) is 12.4. The second-order valence-corrected chi connectivity index (χ2v) is 5.23. The second kappa shape index (κ2) is 7.31. The molecule has 0 fully saturated rings. The molecule has 0 atom stereocenters. The third-order valence-corrected chi connectivity index (χ3v) is 3.31. The first-order valence-corrected chi connectivity index (χ1v) is 7.09. The van der Waals surface area contributed by atoms with Gasteiger partial charge in [0.25, 0.3) is 0 Å². The Bertz CT molecular complexity index is 582. The number of nitrogens with one attached hydrogen (secondary N) is 1. The molecule has 0 amide bonds. The molecule has 2 nitrogen and oxygen atoms in total. The van der Waals surface area contributed by atoms with Gasteiger partial charge in [-0.15, -0.1) is 0 Å². The van der Waals surface area contributed by atoms with Crippen molar-refractivity contribution in [1.29, 1.82) is 0 Å². The Hall–Kier alpha value is -2.01. The lowest BCUT2D eigenvalue weighted by molar-refractivity contribution is -0.137. The van der Waals surface area contributed by atoms with E-state index in [1.54, 1.807) is 6.07 Å². The first kappa shape index (κ1) is 16.4. The number of likely N-dealkylation sites (N-methyl/N-ethyl adjacent to an activating group) is 1. The van der Waals surface area contributed by atoms with E-state index in [9.17, 15) is 13.2 Å². The summed E-state index contributed by atoms with van der Waals surface area (Å²) in [6, 6.07) is 15.3. The average Bonchev–Trinajstić information content (AvgIpc) is 2.48. The monoisotopic (exact) mass is 308 g/mol. The summed E-state index contributed by atoms with van der Waals surface area (Å²) in [4.78, 5) is 2.12. The number of anilines is 1. The number of nitrogens with zero attached hydrogens (tertiary/aromatic N) is 1. The van der Waals surface area contributed by atoms with E-state index in [-0.39, 0.29) is 0 Å². The Kier molecular flexibility index (Phi) is 5.44. The summed E-state index contributed by atoms with van der Waals surface area (Å²) in [5.74, 6) is 0. The number of benzene rings is 2. The van der Waals surface area contributed by atoms with Crippen LogP contribution in [0.5, 0.6) is 0 Å². The van der Waals surface area contributed by atoms with E-state index < -0.39 is 11.7 Å². The maximum Gasteiger partial charge on any atom is 0.416 e. The summed E-state index contributed by atoms with van der Waals surface area (Å²) in [6.45, 7) is 2.14. The van der Waals surface area contributed by atoms with Gasteiger partial charge in [0, 0.05) is 25.3 Å². The van der Waals surface area contributed by atoms with E-state index in [1.165, 1.54) is 11.6 Å². The normalized spacial score (nSPS) is 11.7. The van der Waals surface area contributed by atoms with Gasteiger partial charge in [-0.1, -0.05) is 36.4 Å². The van der Waals surface area contributed by atoms with Crippen LogP contribution < -0.4 is 5.32 Å². The molecule has 0 unspecified atom stereocenters. The fourth-order valence-electron chi connectivity index (χ4n) is 2.17. The Balaban J connectivity index is 1.81. The smallest absolute Gasteiger partial charge is 0.384 e. The van der Waals surface area contributed by atoms with Crippen molar-refractivity contribution in [3.8, 4) is 0 Å². The van der Waals surface area contributed by atoms with Crippen LogP contribution in [0.2, 0.25) is 0 Å². The maximum absolute atomic E-state index is 12.6. The third kappa shape index (κ3) is 5.07. The zero-order valence-electron chi connectivity index (χ0n) is 12.4. The minimum absolute atomic E-state index is 0.489. The number of alkyl halides is 3. The summed E-state index contributed by atoms with van der Waals surface area (Å²) in [5, 5.41) is 3.03. The fourth-order valence-corrected chi connectivity index (χ4v) is 2.17. The van der Waals surface area contributed by atoms with E-state index in [2.05, 4.69) is 22.3 Å². The molecule has 5 heteroatoms. The highest BCUT2D eigenvalue weighted by Crippen LogP contribution is 2.30. The number of hydrogen-bond donors (Lipinski definition) is 1. The molecule has 1 N–H and O–H groups in total. The first-order valence-electron chi connectivity index (χ1n) is 7.09. The zero-order chi connectivity index (χ0) is 16.0. The number of rotatable bonds is 6. The molecule has 0 heterocycles. The summed E-state index contributed by atoms with van der Waals surface area (Å²) in [6.07, 6.45) is -4.30. The van der Waals surface area contributed by atoms with Crippen molar-refractivity contribution in [3.63, 3.8) is 0 Å². The quantitative estimate of drug-likeness (QED) is 0.858. The lowest BCUT2D eigenvalue weighted by atomic mass is 10.2. The molecule has 2 aromatic rings. The first-order chi connectivity index (χ1) is 10.4. The highest BCUT2D eigenvalue weighted by Gasteiger charge is 2.30. The molecule has 2 rings (SSSR count). The Morgan fingerprint density at radius 2 is 1.73 bits per heavy atom. The summed E-state index contributed by atoms with van der Waals surface area (Å²) < 4.78 is 37.9. The molecule has 0 bridgehead atoms. The lowest BCUT2D eigenvalue weighted by Crippen LogP contribution is -2.24. The minimum atomic E-state index is -4.30. The summed E-state index contributed by atoms with van der Waals surface area (Å²) in [7, 11) is 1.99. The molecule has 0 aliphatic carbocycles. The van der Waals surface area contributed by atoms with Crippen molar-refractivity contribution in [2.45, 2.75) is 12.7 Å². The standard InChI is InChI=1S/C17H19F3N2/c1-22(13-14-6-3-2-4-7-14)11-10-21-16-9-5-8-15(12-16)17(18,19)20/h2-9,12,21H,10-11,13H2,1H3. The molecule has 0 aliphatic heterocycles. The van der Waals surface area contributed by atoms with Crippen molar-refractivity contribution < 1.29 is 13.2 Å². The van der Waals surface area contributed by atoms with Gasteiger partial charge in [0.1, 0.15) is 0 Å².